The molecule has 0 atom stereocenters. The second-order valence-corrected chi connectivity index (χ2v) is 11.3. The highest BCUT2D eigenvalue weighted by atomic mass is 16.7. The number of benzene rings is 2. The van der Waals surface area contributed by atoms with Crippen molar-refractivity contribution in [2.24, 2.45) is 0 Å². The van der Waals surface area contributed by atoms with E-state index >= 15 is 0 Å². The zero-order chi connectivity index (χ0) is 24.5. The van der Waals surface area contributed by atoms with Crippen molar-refractivity contribution in [1.82, 2.24) is 9.97 Å². The number of fused-ring (bicyclic) bond motifs is 1. The van der Waals surface area contributed by atoms with Gasteiger partial charge in [0.05, 0.1) is 27.9 Å². The van der Waals surface area contributed by atoms with Gasteiger partial charge in [0.15, 0.2) is 5.82 Å². The molecule has 34 heavy (non-hydrogen) atoms. The Kier molecular flexibility index (Phi) is 5.27. The Bertz CT molecular complexity index is 1210. The van der Waals surface area contributed by atoms with Crippen molar-refractivity contribution in [1.29, 1.82) is 0 Å². The number of aromatic nitrogens is 2. The average molecular weight is 458 g/mol. The van der Waals surface area contributed by atoms with Gasteiger partial charge < -0.3 is 18.6 Å². The van der Waals surface area contributed by atoms with Gasteiger partial charge in [-0.1, -0.05) is 36.4 Å². The molecule has 2 aromatic carbocycles. The Morgan fingerprint density at radius 3 is 1.62 bits per heavy atom. The summed E-state index contributed by atoms with van der Waals surface area (Å²) in [4.78, 5) is 9.41. The molecule has 1 aromatic heterocycles. The summed E-state index contributed by atoms with van der Waals surface area (Å²) < 4.78 is 24.7. The zero-order valence-electron chi connectivity index (χ0n) is 21.3. The maximum absolute atomic E-state index is 6.19. The van der Waals surface area contributed by atoms with Crippen LogP contribution in [0.4, 0.5) is 0 Å². The minimum Gasteiger partial charge on any atom is -0.399 e. The van der Waals surface area contributed by atoms with Crippen LogP contribution in [0, 0.1) is 0 Å². The Hall–Kier alpha value is -2.25. The van der Waals surface area contributed by atoms with Crippen LogP contribution < -0.4 is 10.9 Å². The van der Waals surface area contributed by atoms with Crippen LogP contribution in [0.25, 0.3) is 22.3 Å². The van der Waals surface area contributed by atoms with Gasteiger partial charge in [-0.25, -0.2) is 9.97 Å². The van der Waals surface area contributed by atoms with E-state index in [1.165, 1.54) is 0 Å². The van der Waals surface area contributed by atoms with Crippen LogP contribution >= 0.6 is 0 Å². The van der Waals surface area contributed by atoms with Crippen LogP contribution in [0.1, 0.15) is 55.4 Å². The van der Waals surface area contributed by atoms with Crippen molar-refractivity contribution < 1.29 is 18.6 Å². The smallest absolute Gasteiger partial charge is 0.399 e. The molecule has 2 fully saturated rings. The molecule has 176 valence electrons. The van der Waals surface area contributed by atoms with Crippen molar-refractivity contribution >= 4 is 36.1 Å². The Morgan fingerprint density at radius 2 is 1.09 bits per heavy atom. The molecular weight excluding hydrogens is 426 g/mol. The molecule has 0 radical (unpaired) electrons. The molecule has 6 nitrogen and oxygen atoms in total. The third-order valence-electron chi connectivity index (χ3n) is 7.82. The number of hydrogen-bond donors (Lipinski definition) is 0. The first-order valence-electron chi connectivity index (χ1n) is 11.9. The maximum Gasteiger partial charge on any atom is 0.494 e. The second-order valence-electron chi connectivity index (χ2n) is 11.3. The van der Waals surface area contributed by atoms with Gasteiger partial charge in [0, 0.05) is 17.1 Å². The standard InChI is InChI=1S/C26H32B2N2O4/c1-23(2)24(3,4)32-27(31-23)19-11-9-17(10-12-19)22-29-16-18-15-20(13-14-21(18)30-22)28-33-25(5,6)26(7,8)34-28/h9-16H,1-8H3. The third-order valence-corrected chi connectivity index (χ3v) is 7.82. The fourth-order valence-electron chi connectivity index (χ4n) is 4.09. The van der Waals surface area contributed by atoms with Crippen molar-refractivity contribution in [3.05, 3.63) is 48.7 Å². The van der Waals surface area contributed by atoms with Gasteiger partial charge in [-0.3, -0.25) is 0 Å². The fourth-order valence-corrected chi connectivity index (χ4v) is 4.09. The molecule has 0 unspecified atom stereocenters. The van der Waals surface area contributed by atoms with Gasteiger partial charge in [-0.2, -0.15) is 0 Å². The molecule has 0 saturated carbocycles. The minimum absolute atomic E-state index is 0.364. The van der Waals surface area contributed by atoms with E-state index in [0.29, 0.717) is 5.82 Å². The third kappa shape index (κ3) is 3.87. The largest absolute Gasteiger partial charge is 0.494 e. The van der Waals surface area contributed by atoms with Crippen molar-refractivity contribution in [2.75, 3.05) is 0 Å². The summed E-state index contributed by atoms with van der Waals surface area (Å²) in [5.41, 5.74) is 2.29. The molecule has 0 N–H and O–H groups in total. The lowest BCUT2D eigenvalue weighted by molar-refractivity contribution is 0.00578. The van der Waals surface area contributed by atoms with Crippen LogP contribution in [-0.4, -0.2) is 46.6 Å². The first-order chi connectivity index (χ1) is 15.8. The molecule has 8 heteroatoms. The van der Waals surface area contributed by atoms with E-state index in [4.69, 9.17) is 23.6 Å². The average Bonchev–Trinajstić information content (AvgIpc) is 3.12. The molecule has 2 aliphatic heterocycles. The lowest BCUT2D eigenvalue weighted by Crippen LogP contribution is -2.41. The van der Waals surface area contributed by atoms with Gasteiger partial charge in [0.25, 0.3) is 0 Å². The summed E-state index contributed by atoms with van der Waals surface area (Å²) in [6.45, 7) is 16.5. The van der Waals surface area contributed by atoms with Gasteiger partial charge in [0.1, 0.15) is 0 Å². The number of nitrogens with zero attached hydrogens (tertiary/aromatic N) is 2. The first-order valence-corrected chi connectivity index (χ1v) is 11.9. The van der Waals surface area contributed by atoms with Crippen molar-refractivity contribution in [3.8, 4) is 11.4 Å². The lowest BCUT2D eigenvalue weighted by Gasteiger charge is -2.32. The molecule has 2 saturated heterocycles. The highest BCUT2D eigenvalue weighted by molar-refractivity contribution is 6.62. The summed E-state index contributed by atoms with van der Waals surface area (Å²) in [6, 6.07) is 14.1. The number of hydrogen-bond acceptors (Lipinski definition) is 6. The molecule has 2 aliphatic rings. The normalized spacial score (nSPS) is 22.5. The highest BCUT2D eigenvalue weighted by Gasteiger charge is 2.52. The predicted octanol–water partition coefficient (Wildman–Crippen LogP) is 3.90. The first kappa shape index (κ1) is 23.5. The van der Waals surface area contributed by atoms with E-state index in [-0.39, 0.29) is 29.5 Å². The fraction of sp³-hybridized carbons (Fsp3) is 0.462. The quantitative estimate of drug-likeness (QED) is 0.556. The van der Waals surface area contributed by atoms with Crippen LogP contribution in [-0.2, 0) is 18.6 Å². The van der Waals surface area contributed by atoms with E-state index in [9.17, 15) is 0 Å². The van der Waals surface area contributed by atoms with Crippen molar-refractivity contribution in [3.63, 3.8) is 0 Å². The Morgan fingerprint density at radius 1 is 0.618 bits per heavy atom. The highest BCUT2D eigenvalue weighted by Crippen LogP contribution is 2.37. The summed E-state index contributed by atoms with van der Waals surface area (Å²) >= 11 is 0. The lowest BCUT2D eigenvalue weighted by atomic mass is 9.78. The van der Waals surface area contributed by atoms with Gasteiger partial charge in [0.2, 0.25) is 0 Å². The summed E-state index contributed by atoms with van der Waals surface area (Å²) in [6.07, 6.45) is 1.86. The molecule has 3 heterocycles. The van der Waals surface area contributed by atoms with Gasteiger partial charge >= 0.3 is 14.2 Å². The summed E-state index contributed by atoms with van der Waals surface area (Å²) in [5, 5.41) is 0.949. The van der Waals surface area contributed by atoms with Crippen molar-refractivity contribution in [2.45, 2.75) is 77.8 Å². The SMILES string of the molecule is CC1(C)OB(c2ccc(-c3ncc4cc(B5OC(C)(C)C(C)(C)O5)ccc4n3)cc2)OC1(C)C. The zero-order valence-corrected chi connectivity index (χ0v) is 21.3. The Labute approximate surface area is 202 Å². The molecule has 0 aliphatic carbocycles. The van der Waals surface area contributed by atoms with Gasteiger partial charge in [-0.05, 0) is 72.4 Å². The van der Waals surface area contributed by atoms with Crippen LogP contribution in [0.2, 0.25) is 0 Å². The molecule has 0 spiro atoms. The molecular formula is C26H32B2N2O4. The minimum atomic E-state index is -0.406. The van der Waals surface area contributed by atoms with E-state index < -0.39 is 7.12 Å². The Balaban J connectivity index is 1.37. The monoisotopic (exact) mass is 458 g/mol. The summed E-state index contributed by atoms with van der Waals surface area (Å²) in [7, 11) is -0.790. The van der Waals surface area contributed by atoms with Crippen LogP contribution in [0.3, 0.4) is 0 Å². The summed E-state index contributed by atoms with van der Waals surface area (Å²) in [5.74, 6) is 0.677. The van der Waals surface area contributed by atoms with E-state index in [2.05, 4.69) is 60.4 Å². The molecule has 0 bridgehead atoms. The molecule has 3 aromatic rings. The second kappa shape index (κ2) is 7.62. The maximum atomic E-state index is 6.19. The van der Waals surface area contributed by atoms with E-state index in [0.717, 1.165) is 27.4 Å². The van der Waals surface area contributed by atoms with Crippen LogP contribution in [0.5, 0.6) is 0 Å². The number of rotatable bonds is 3. The van der Waals surface area contributed by atoms with E-state index in [1.54, 1.807) is 0 Å². The van der Waals surface area contributed by atoms with E-state index in [1.807, 2.05) is 48.7 Å². The topological polar surface area (TPSA) is 62.7 Å². The van der Waals surface area contributed by atoms with Crippen LogP contribution in [0.15, 0.2) is 48.7 Å². The molecule has 5 rings (SSSR count). The predicted molar refractivity (Wildman–Crippen MR) is 136 cm³/mol. The van der Waals surface area contributed by atoms with Gasteiger partial charge in [-0.15, -0.1) is 0 Å². The molecule has 0 amide bonds.